The second kappa shape index (κ2) is 6.30. The summed E-state index contributed by atoms with van der Waals surface area (Å²) in [5, 5.41) is 0. The van der Waals surface area contributed by atoms with Crippen molar-refractivity contribution in [1.82, 2.24) is 15.0 Å². The van der Waals surface area contributed by atoms with Crippen LogP contribution in [0.3, 0.4) is 0 Å². The number of hydrogen-bond donors (Lipinski definition) is 0. The van der Waals surface area contributed by atoms with Gasteiger partial charge in [0.05, 0.1) is 5.69 Å². The number of rotatable bonds is 3. The molecule has 0 N–H and O–H groups in total. The zero-order chi connectivity index (χ0) is 16.5. The molecule has 1 aliphatic heterocycles. The van der Waals surface area contributed by atoms with Gasteiger partial charge >= 0.3 is 0 Å². The third-order valence-corrected chi connectivity index (χ3v) is 4.94. The molecule has 2 aromatic rings. The molecule has 4 rings (SSSR count). The molecule has 7 heteroatoms. The van der Waals surface area contributed by atoms with Crippen LogP contribution in [0.4, 0.5) is 20.3 Å². The predicted octanol–water partition coefficient (Wildman–Crippen LogP) is 2.74. The highest BCUT2D eigenvalue weighted by Crippen LogP contribution is 2.37. The maximum atomic E-state index is 14.8. The first kappa shape index (κ1) is 15.2. The molecule has 1 saturated carbocycles. The standard InChI is InChI=1S/C17H19F2N5/c18-14-10-13(4-5-20-14)23-6-8-24(9-7-23)17-15(19)16(21-11-22-17)12-2-1-3-12/h4-5,10-12H,1-3,6-9H2. The van der Waals surface area contributed by atoms with Crippen LogP contribution in [-0.2, 0) is 0 Å². The normalized spacial score (nSPS) is 18.6. The second-order valence-electron chi connectivity index (χ2n) is 6.34. The summed E-state index contributed by atoms with van der Waals surface area (Å²) in [6, 6.07) is 3.22. The monoisotopic (exact) mass is 331 g/mol. The fourth-order valence-corrected chi connectivity index (χ4v) is 3.33. The van der Waals surface area contributed by atoms with Gasteiger partial charge in [-0.3, -0.25) is 0 Å². The summed E-state index contributed by atoms with van der Waals surface area (Å²) >= 11 is 0. The number of halogens is 2. The van der Waals surface area contributed by atoms with Crippen molar-refractivity contribution in [2.45, 2.75) is 25.2 Å². The Morgan fingerprint density at radius 3 is 2.38 bits per heavy atom. The number of anilines is 2. The molecule has 2 aliphatic rings. The minimum absolute atomic E-state index is 0.243. The van der Waals surface area contributed by atoms with Crippen LogP contribution >= 0.6 is 0 Å². The lowest BCUT2D eigenvalue weighted by molar-refractivity contribution is 0.392. The Hall–Kier alpha value is -2.31. The smallest absolute Gasteiger partial charge is 0.214 e. The lowest BCUT2D eigenvalue weighted by atomic mass is 9.82. The van der Waals surface area contributed by atoms with Gasteiger partial charge in [-0.2, -0.15) is 4.39 Å². The van der Waals surface area contributed by atoms with Crippen LogP contribution < -0.4 is 9.80 Å². The van der Waals surface area contributed by atoms with Crippen LogP contribution in [-0.4, -0.2) is 41.1 Å². The minimum Gasteiger partial charge on any atom is -0.368 e. The number of pyridine rings is 1. The molecule has 24 heavy (non-hydrogen) atoms. The van der Waals surface area contributed by atoms with Crippen LogP contribution in [0.5, 0.6) is 0 Å². The first-order chi connectivity index (χ1) is 11.7. The number of nitrogens with zero attached hydrogens (tertiary/aromatic N) is 5. The summed E-state index contributed by atoms with van der Waals surface area (Å²) in [6.45, 7) is 2.65. The molecule has 0 atom stereocenters. The summed E-state index contributed by atoms with van der Waals surface area (Å²) < 4.78 is 28.0. The average molecular weight is 331 g/mol. The number of piperazine rings is 1. The van der Waals surface area contributed by atoms with E-state index in [-0.39, 0.29) is 11.7 Å². The van der Waals surface area contributed by atoms with Crippen LogP contribution in [0, 0.1) is 11.8 Å². The van der Waals surface area contributed by atoms with E-state index in [2.05, 4.69) is 19.9 Å². The summed E-state index contributed by atoms with van der Waals surface area (Å²) in [5.41, 5.74) is 1.37. The third kappa shape index (κ3) is 2.79. The fraction of sp³-hybridized carbons (Fsp3) is 0.471. The first-order valence-corrected chi connectivity index (χ1v) is 8.34. The van der Waals surface area contributed by atoms with Gasteiger partial charge in [0.15, 0.2) is 11.6 Å². The zero-order valence-electron chi connectivity index (χ0n) is 13.3. The van der Waals surface area contributed by atoms with Gasteiger partial charge in [0, 0.05) is 50.0 Å². The van der Waals surface area contributed by atoms with Gasteiger partial charge in [-0.15, -0.1) is 0 Å². The summed E-state index contributed by atoms with van der Waals surface area (Å²) in [7, 11) is 0. The topological polar surface area (TPSA) is 45.2 Å². The molecule has 1 aliphatic carbocycles. The molecule has 5 nitrogen and oxygen atoms in total. The van der Waals surface area contributed by atoms with Gasteiger partial charge in [-0.05, 0) is 18.9 Å². The fourth-order valence-electron chi connectivity index (χ4n) is 3.33. The molecule has 0 aromatic carbocycles. The van der Waals surface area contributed by atoms with Crippen LogP contribution in [0.25, 0.3) is 0 Å². The van der Waals surface area contributed by atoms with Crippen molar-refractivity contribution in [1.29, 1.82) is 0 Å². The zero-order valence-corrected chi connectivity index (χ0v) is 13.3. The minimum atomic E-state index is -0.484. The van der Waals surface area contributed by atoms with E-state index in [4.69, 9.17) is 0 Å². The lowest BCUT2D eigenvalue weighted by Crippen LogP contribution is -2.47. The molecular weight excluding hydrogens is 312 g/mol. The van der Waals surface area contributed by atoms with Gasteiger partial charge in [-0.1, -0.05) is 6.42 Å². The van der Waals surface area contributed by atoms with Crippen molar-refractivity contribution in [3.63, 3.8) is 0 Å². The van der Waals surface area contributed by atoms with Crippen molar-refractivity contribution < 1.29 is 8.78 Å². The van der Waals surface area contributed by atoms with Crippen molar-refractivity contribution in [2.24, 2.45) is 0 Å². The maximum absolute atomic E-state index is 14.8. The Morgan fingerprint density at radius 1 is 0.958 bits per heavy atom. The summed E-state index contributed by atoms with van der Waals surface area (Å²) in [5.74, 6) is -0.118. The molecule has 0 unspecified atom stereocenters. The largest absolute Gasteiger partial charge is 0.368 e. The van der Waals surface area contributed by atoms with Crippen LogP contribution in [0.2, 0.25) is 0 Å². The third-order valence-electron chi connectivity index (χ3n) is 4.94. The second-order valence-corrected chi connectivity index (χ2v) is 6.34. The van der Waals surface area contributed by atoms with Gasteiger partial charge < -0.3 is 9.80 Å². The Balaban J connectivity index is 1.48. The van der Waals surface area contributed by atoms with Gasteiger partial charge in [0.1, 0.15) is 6.33 Å². The lowest BCUT2D eigenvalue weighted by Gasteiger charge is -2.37. The Morgan fingerprint density at radius 2 is 1.71 bits per heavy atom. The van der Waals surface area contributed by atoms with Crippen LogP contribution in [0.1, 0.15) is 30.9 Å². The number of aromatic nitrogens is 3. The van der Waals surface area contributed by atoms with Crippen molar-refractivity contribution in [3.8, 4) is 0 Å². The molecule has 2 fully saturated rings. The van der Waals surface area contributed by atoms with Crippen molar-refractivity contribution in [2.75, 3.05) is 36.0 Å². The first-order valence-electron chi connectivity index (χ1n) is 8.34. The van der Waals surface area contributed by atoms with Gasteiger partial charge in [-0.25, -0.2) is 19.3 Å². The highest BCUT2D eigenvalue weighted by molar-refractivity contribution is 5.49. The average Bonchev–Trinajstić information content (AvgIpc) is 2.55. The summed E-state index contributed by atoms with van der Waals surface area (Å²) in [4.78, 5) is 15.9. The quantitative estimate of drug-likeness (QED) is 0.809. The predicted molar refractivity (Wildman–Crippen MR) is 87.2 cm³/mol. The van der Waals surface area contributed by atoms with E-state index in [1.807, 2.05) is 4.90 Å². The van der Waals surface area contributed by atoms with E-state index in [0.29, 0.717) is 37.7 Å². The number of hydrogen-bond acceptors (Lipinski definition) is 5. The Bertz CT molecular complexity index is 727. The van der Waals surface area contributed by atoms with E-state index in [1.54, 1.807) is 6.07 Å². The van der Waals surface area contributed by atoms with E-state index in [1.165, 1.54) is 18.6 Å². The molecular formula is C17H19F2N5. The SMILES string of the molecule is Fc1cc(N2CCN(c3ncnc(C4CCC4)c3F)CC2)ccn1. The van der Waals surface area contributed by atoms with Gasteiger partial charge in [0.25, 0.3) is 0 Å². The molecule has 0 spiro atoms. The van der Waals surface area contributed by atoms with Crippen molar-refractivity contribution in [3.05, 3.63) is 42.1 Å². The molecule has 126 valence electrons. The van der Waals surface area contributed by atoms with E-state index in [9.17, 15) is 8.78 Å². The molecule has 0 bridgehead atoms. The van der Waals surface area contributed by atoms with E-state index < -0.39 is 5.95 Å². The molecule has 2 aromatic heterocycles. The Kier molecular flexibility index (Phi) is 4.00. The Labute approximate surface area is 139 Å². The maximum Gasteiger partial charge on any atom is 0.214 e. The molecule has 1 saturated heterocycles. The summed E-state index contributed by atoms with van der Waals surface area (Å²) in [6.07, 6.45) is 6.09. The molecule has 3 heterocycles. The van der Waals surface area contributed by atoms with Gasteiger partial charge in [0.2, 0.25) is 5.95 Å². The molecule has 0 amide bonds. The molecule has 0 radical (unpaired) electrons. The van der Waals surface area contributed by atoms with E-state index >= 15 is 0 Å². The highest BCUT2D eigenvalue weighted by atomic mass is 19.1. The highest BCUT2D eigenvalue weighted by Gasteiger charge is 2.28. The van der Waals surface area contributed by atoms with Crippen LogP contribution in [0.15, 0.2) is 24.7 Å². The van der Waals surface area contributed by atoms with E-state index in [0.717, 1.165) is 24.9 Å². The van der Waals surface area contributed by atoms with Crippen molar-refractivity contribution >= 4 is 11.5 Å².